The van der Waals surface area contributed by atoms with Crippen molar-refractivity contribution in [1.29, 1.82) is 0 Å². The number of para-hydroxylation sites is 1. The van der Waals surface area contributed by atoms with Gasteiger partial charge in [-0.15, -0.1) is 0 Å². The zero-order chi connectivity index (χ0) is 25.0. The summed E-state index contributed by atoms with van der Waals surface area (Å²) in [5, 5.41) is 5.03. The van der Waals surface area contributed by atoms with Crippen LogP contribution < -0.4 is 10.1 Å². The van der Waals surface area contributed by atoms with Gasteiger partial charge in [0.15, 0.2) is 0 Å². The van der Waals surface area contributed by atoms with Crippen LogP contribution in [0.4, 0.5) is 0 Å². The molecule has 1 aromatic heterocycles. The van der Waals surface area contributed by atoms with Gasteiger partial charge < -0.3 is 14.5 Å². The largest absolute Gasteiger partial charge is 0.494 e. The van der Waals surface area contributed by atoms with Gasteiger partial charge >= 0.3 is 0 Å². The van der Waals surface area contributed by atoms with Crippen LogP contribution in [0.15, 0.2) is 80.9 Å². The lowest BCUT2D eigenvalue weighted by atomic mass is 10.1. The molecule has 3 aromatic carbocycles. The molecule has 0 saturated carbocycles. The van der Waals surface area contributed by atoms with E-state index in [-0.39, 0.29) is 15.7 Å². The fourth-order valence-corrected chi connectivity index (χ4v) is 5.85. The van der Waals surface area contributed by atoms with Crippen LogP contribution in [0.25, 0.3) is 11.0 Å². The molecular weight excluding hydrogens is 505 g/mol. The molecule has 0 aliphatic heterocycles. The number of hydrogen-bond acceptors (Lipinski definition) is 5. The van der Waals surface area contributed by atoms with Gasteiger partial charge in [0.25, 0.3) is 0 Å². The summed E-state index contributed by atoms with van der Waals surface area (Å²) in [5.41, 5.74) is 1.63. The van der Waals surface area contributed by atoms with Crippen molar-refractivity contribution in [2.75, 3.05) is 13.2 Å². The number of ether oxygens (including phenoxy) is 1. The van der Waals surface area contributed by atoms with E-state index in [2.05, 4.69) is 5.32 Å². The second-order valence-corrected chi connectivity index (χ2v) is 11.2. The van der Waals surface area contributed by atoms with Crippen LogP contribution in [-0.2, 0) is 16.4 Å². The fraction of sp³-hybridized carbons (Fsp3) is 0.259. The van der Waals surface area contributed by atoms with Crippen molar-refractivity contribution in [3.05, 3.63) is 88.1 Å². The van der Waals surface area contributed by atoms with Crippen LogP contribution in [0.5, 0.6) is 5.75 Å². The van der Waals surface area contributed by atoms with Crippen LogP contribution in [0.2, 0.25) is 10.0 Å². The molecule has 8 heteroatoms. The van der Waals surface area contributed by atoms with E-state index in [0.29, 0.717) is 45.7 Å². The third-order valence-electron chi connectivity index (χ3n) is 5.58. The van der Waals surface area contributed by atoms with E-state index in [9.17, 15) is 8.42 Å². The minimum absolute atomic E-state index is 0.0694. The van der Waals surface area contributed by atoms with Crippen LogP contribution in [0.3, 0.4) is 0 Å². The highest BCUT2D eigenvalue weighted by Gasteiger charge is 2.29. The maximum atomic E-state index is 13.5. The zero-order valence-electron chi connectivity index (χ0n) is 19.6. The third kappa shape index (κ3) is 5.84. The van der Waals surface area contributed by atoms with E-state index in [1.54, 1.807) is 42.5 Å². The van der Waals surface area contributed by atoms with Crippen molar-refractivity contribution in [1.82, 2.24) is 5.32 Å². The standard InChI is InChI=1S/C27H27Cl2NO4S/c1-18(2)26-27(22-6-3-4-7-25(22)34-26)35(31,32)21-11-9-20(10-12-21)33-15-5-14-30-17-19-8-13-23(28)24(29)16-19/h3-4,6-13,16,18,30H,5,14-15,17H2,1-2H3. The minimum atomic E-state index is -3.76. The van der Waals surface area contributed by atoms with Crippen molar-refractivity contribution in [3.8, 4) is 5.75 Å². The van der Waals surface area contributed by atoms with E-state index in [0.717, 1.165) is 18.5 Å². The Kier molecular flexibility index (Phi) is 8.07. The monoisotopic (exact) mass is 531 g/mol. The first kappa shape index (κ1) is 25.6. The van der Waals surface area contributed by atoms with Crippen LogP contribution in [-0.4, -0.2) is 21.6 Å². The summed E-state index contributed by atoms with van der Waals surface area (Å²) in [4.78, 5) is 0.450. The molecule has 4 rings (SSSR count). The Balaban J connectivity index is 1.35. The van der Waals surface area contributed by atoms with Gasteiger partial charge in [0.2, 0.25) is 9.84 Å². The number of halogens is 2. The van der Waals surface area contributed by atoms with Gasteiger partial charge in [-0.1, -0.05) is 55.2 Å². The number of fused-ring (bicyclic) bond motifs is 1. The highest BCUT2D eigenvalue weighted by atomic mass is 35.5. The second kappa shape index (κ2) is 11.0. The number of sulfone groups is 1. The van der Waals surface area contributed by atoms with Crippen molar-refractivity contribution < 1.29 is 17.6 Å². The van der Waals surface area contributed by atoms with Gasteiger partial charge in [0.1, 0.15) is 22.0 Å². The molecule has 0 bridgehead atoms. The smallest absolute Gasteiger partial charge is 0.210 e. The minimum Gasteiger partial charge on any atom is -0.494 e. The molecule has 4 aromatic rings. The summed E-state index contributed by atoms with van der Waals surface area (Å²) in [6.07, 6.45) is 0.792. The summed E-state index contributed by atoms with van der Waals surface area (Å²) in [6.45, 7) is 5.80. The van der Waals surface area contributed by atoms with Gasteiger partial charge in [-0.3, -0.25) is 0 Å². The summed E-state index contributed by atoms with van der Waals surface area (Å²) in [6, 6.07) is 19.3. The average molecular weight is 532 g/mol. The fourth-order valence-electron chi connectivity index (χ4n) is 3.80. The molecule has 1 N–H and O–H groups in total. The van der Waals surface area contributed by atoms with E-state index >= 15 is 0 Å². The summed E-state index contributed by atoms with van der Waals surface area (Å²) in [7, 11) is -3.76. The molecular formula is C27H27Cl2NO4S. The van der Waals surface area contributed by atoms with Crippen molar-refractivity contribution in [3.63, 3.8) is 0 Å². The molecule has 0 aliphatic rings. The lowest BCUT2D eigenvalue weighted by molar-refractivity contribution is 0.308. The Hall–Kier alpha value is -2.51. The molecule has 35 heavy (non-hydrogen) atoms. The molecule has 0 fully saturated rings. The second-order valence-electron chi connectivity index (χ2n) is 8.55. The number of hydrogen-bond donors (Lipinski definition) is 1. The summed E-state index contributed by atoms with van der Waals surface area (Å²) < 4.78 is 38.7. The Labute approximate surface area is 215 Å². The van der Waals surface area contributed by atoms with Gasteiger partial charge in [-0.25, -0.2) is 8.42 Å². The number of furan rings is 1. The van der Waals surface area contributed by atoms with Gasteiger partial charge in [-0.05, 0) is 67.1 Å². The van der Waals surface area contributed by atoms with Crippen LogP contribution in [0.1, 0.15) is 37.5 Å². The molecule has 0 saturated heterocycles. The maximum absolute atomic E-state index is 13.5. The van der Waals surface area contributed by atoms with E-state index in [4.69, 9.17) is 32.4 Å². The molecule has 0 spiro atoms. The Morgan fingerprint density at radius 3 is 2.43 bits per heavy atom. The first-order valence-electron chi connectivity index (χ1n) is 11.4. The van der Waals surface area contributed by atoms with Gasteiger partial charge in [0.05, 0.1) is 21.5 Å². The van der Waals surface area contributed by atoms with Crippen molar-refractivity contribution in [2.45, 2.75) is 42.5 Å². The highest BCUT2D eigenvalue weighted by molar-refractivity contribution is 7.91. The number of nitrogens with one attached hydrogen (secondary N) is 1. The van der Waals surface area contributed by atoms with Crippen LogP contribution >= 0.6 is 23.2 Å². The van der Waals surface area contributed by atoms with Crippen molar-refractivity contribution in [2.24, 2.45) is 0 Å². The highest BCUT2D eigenvalue weighted by Crippen LogP contribution is 2.37. The average Bonchev–Trinajstić information content (AvgIpc) is 3.25. The zero-order valence-corrected chi connectivity index (χ0v) is 21.9. The molecule has 0 radical (unpaired) electrons. The van der Waals surface area contributed by atoms with E-state index in [1.165, 1.54) is 0 Å². The maximum Gasteiger partial charge on any atom is 0.210 e. The molecule has 1 heterocycles. The molecule has 0 unspecified atom stereocenters. The Morgan fingerprint density at radius 2 is 1.71 bits per heavy atom. The topological polar surface area (TPSA) is 68.5 Å². The third-order valence-corrected chi connectivity index (χ3v) is 8.17. The number of rotatable bonds is 10. The van der Waals surface area contributed by atoms with Crippen LogP contribution in [0, 0.1) is 0 Å². The molecule has 0 atom stereocenters. The Bertz CT molecular complexity index is 1410. The quantitative estimate of drug-likeness (QED) is 0.218. The predicted octanol–water partition coefficient (Wildman–Crippen LogP) is 7.25. The molecule has 0 amide bonds. The van der Waals surface area contributed by atoms with E-state index in [1.807, 2.05) is 38.1 Å². The van der Waals surface area contributed by atoms with Crippen molar-refractivity contribution >= 4 is 44.0 Å². The molecule has 184 valence electrons. The molecule has 5 nitrogen and oxygen atoms in total. The predicted molar refractivity (Wildman–Crippen MR) is 140 cm³/mol. The summed E-state index contributed by atoms with van der Waals surface area (Å²) in [5.74, 6) is 1.02. The number of benzene rings is 3. The van der Waals surface area contributed by atoms with Gasteiger partial charge in [0, 0.05) is 17.8 Å². The Morgan fingerprint density at radius 1 is 0.971 bits per heavy atom. The van der Waals surface area contributed by atoms with E-state index < -0.39 is 9.84 Å². The first-order valence-corrected chi connectivity index (χ1v) is 13.7. The lowest BCUT2D eigenvalue weighted by Crippen LogP contribution is -2.17. The molecule has 0 aliphatic carbocycles. The SMILES string of the molecule is CC(C)c1oc2ccccc2c1S(=O)(=O)c1ccc(OCCCNCc2ccc(Cl)c(Cl)c2)cc1. The first-order chi connectivity index (χ1) is 16.8. The van der Waals surface area contributed by atoms with Gasteiger partial charge in [-0.2, -0.15) is 0 Å². The normalized spacial score (nSPS) is 11.9. The lowest BCUT2D eigenvalue weighted by Gasteiger charge is -2.10. The summed E-state index contributed by atoms with van der Waals surface area (Å²) >= 11 is 12.0.